The van der Waals surface area contributed by atoms with Gasteiger partial charge in [0.1, 0.15) is 11.0 Å². The van der Waals surface area contributed by atoms with Gasteiger partial charge in [-0.1, -0.05) is 18.2 Å². The number of carbonyl (C=O) groups is 2. The molecule has 0 saturated heterocycles. The Morgan fingerprint density at radius 3 is 2.73 bits per heavy atom. The lowest BCUT2D eigenvalue weighted by molar-refractivity contribution is -0.114. The van der Waals surface area contributed by atoms with E-state index in [1.54, 1.807) is 18.7 Å². The standard InChI is InChI=1S/C19H21NO4S2/c1-3-24-19(23)18-15(20-11(2)21)13-9-10-14(16(22)17(13)26-18)25-12-7-5-4-6-8-12/h4-8,14,16,22H,3,9-10H2,1-2H3,(H,20,21). The lowest BCUT2D eigenvalue weighted by Gasteiger charge is -2.27. The van der Waals surface area contributed by atoms with E-state index in [2.05, 4.69) is 5.32 Å². The van der Waals surface area contributed by atoms with Crippen LogP contribution >= 0.6 is 23.1 Å². The Balaban J connectivity index is 1.91. The lowest BCUT2D eigenvalue weighted by atomic mass is 9.94. The number of thioether (sulfide) groups is 1. The second-order valence-electron chi connectivity index (χ2n) is 6.00. The van der Waals surface area contributed by atoms with Gasteiger partial charge in [-0.05, 0) is 37.5 Å². The number of amides is 1. The smallest absolute Gasteiger partial charge is 0.350 e. The molecule has 2 unspecified atom stereocenters. The second-order valence-corrected chi connectivity index (χ2v) is 8.37. The number of anilines is 1. The Morgan fingerprint density at radius 1 is 1.35 bits per heavy atom. The van der Waals surface area contributed by atoms with Crippen molar-refractivity contribution in [2.75, 3.05) is 11.9 Å². The fraction of sp³-hybridized carbons (Fsp3) is 0.368. The minimum Gasteiger partial charge on any atom is -0.462 e. The zero-order valence-electron chi connectivity index (χ0n) is 14.7. The minimum absolute atomic E-state index is 0.00349. The molecule has 26 heavy (non-hydrogen) atoms. The number of esters is 1. The second kappa shape index (κ2) is 8.24. The van der Waals surface area contributed by atoms with Crippen molar-refractivity contribution >= 4 is 40.7 Å². The molecule has 1 aliphatic carbocycles. The van der Waals surface area contributed by atoms with E-state index in [4.69, 9.17) is 4.74 Å². The summed E-state index contributed by atoms with van der Waals surface area (Å²) in [6.45, 7) is 3.41. The molecule has 1 aromatic carbocycles. The predicted molar refractivity (Wildman–Crippen MR) is 104 cm³/mol. The molecule has 0 bridgehead atoms. The van der Waals surface area contributed by atoms with Crippen molar-refractivity contribution in [1.29, 1.82) is 0 Å². The van der Waals surface area contributed by atoms with Crippen LogP contribution in [0.4, 0.5) is 5.69 Å². The molecule has 138 valence electrons. The van der Waals surface area contributed by atoms with E-state index < -0.39 is 12.1 Å². The fourth-order valence-corrected chi connectivity index (χ4v) is 5.53. The number of nitrogens with one attached hydrogen (secondary N) is 1. The van der Waals surface area contributed by atoms with Gasteiger partial charge in [0.05, 0.1) is 12.3 Å². The topological polar surface area (TPSA) is 75.6 Å². The maximum absolute atomic E-state index is 12.3. The maximum Gasteiger partial charge on any atom is 0.350 e. The Labute approximate surface area is 160 Å². The number of benzene rings is 1. The highest BCUT2D eigenvalue weighted by Gasteiger charge is 2.35. The number of thiophene rings is 1. The molecule has 2 atom stereocenters. The van der Waals surface area contributed by atoms with Crippen LogP contribution in [-0.2, 0) is 16.0 Å². The summed E-state index contributed by atoms with van der Waals surface area (Å²) in [4.78, 5) is 26.1. The Bertz CT molecular complexity index is 803. The van der Waals surface area contributed by atoms with E-state index in [1.165, 1.54) is 18.3 Å². The highest BCUT2D eigenvalue weighted by atomic mass is 32.2. The molecule has 2 aromatic rings. The molecular weight excluding hydrogens is 370 g/mol. The van der Waals surface area contributed by atoms with Crippen LogP contribution in [0.3, 0.4) is 0 Å². The van der Waals surface area contributed by atoms with Crippen LogP contribution < -0.4 is 5.32 Å². The minimum atomic E-state index is -0.690. The van der Waals surface area contributed by atoms with E-state index in [0.717, 1.165) is 21.8 Å². The fourth-order valence-electron chi connectivity index (χ4n) is 3.03. The summed E-state index contributed by atoms with van der Waals surface area (Å²) >= 11 is 2.86. The SMILES string of the molecule is CCOC(=O)c1sc2c(c1NC(C)=O)CCC(Sc1ccccc1)C2O. The summed E-state index contributed by atoms with van der Waals surface area (Å²) in [6, 6.07) is 9.95. The van der Waals surface area contributed by atoms with Crippen molar-refractivity contribution in [2.24, 2.45) is 0 Å². The zero-order chi connectivity index (χ0) is 18.7. The van der Waals surface area contributed by atoms with Crippen molar-refractivity contribution in [2.45, 2.75) is 42.9 Å². The first-order valence-corrected chi connectivity index (χ1v) is 10.2. The Kier molecular flexibility index (Phi) is 6.01. The van der Waals surface area contributed by atoms with Crippen molar-refractivity contribution in [3.63, 3.8) is 0 Å². The van der Waals surface area contributed by atoms with Gasteiger partial charge >= 0.3 is 5.97 Å². The monoisotopic (exact) mass is 391 g/mol. The third-order valence-electron chi connectivity index (χ3n) is 4.13. The number of aliphatic hydroxyl groups excluding tert-OH is 1. The molecule has 0 spiro atoms. The number of hydrogen-bond acceptors (Lipinski definition) is 6. The first kappa shape index (κ1) is 18.9. The molecule has 5 nitrogen and oxygen atoms in total. The number of hydrogen-bond donors (Lipinski definition) is 2. The van der Waals surface area contributed by atoms with Gasteiger partial charge in [0, 0.05) is 21.9 Å². The predicted octanol–water partition coefficient (Wildman–Crippen LogP) is 4.02. The van der Waals surface area contributed by atoms with Crippen LogP contribution in [0.5, 0.6) is 0 Å². The lowest BCUT2D eigenvalue weighted by Crippen LogP contribution is -2.22. The summed E-state index contributed by atoms with van der Waals surface area (Å²) in [5.74, 6) is -0.707. The van der Waals surface area contributed by atoms with Crippen LogP contribution in [0.15, 0.2) is 35.2 Å². The first-order chi connectivity index (χ1) is 12.5. The van der Waals surface area contributed by atoms with Crippen molar-refractivity contribution in [3.8, 4) is 0 Å². The van der Waals surface area contributed by atoms with Gasteiger partial charge in [0.25, 0.3) is 0 Å². The van der Waals surface area contributed by atoms with Gasteiger partial charge in [0.15, 0.2) is 0 Å². The number of aliphatic hydroxyl groups is 1. The van der Waals surface area contributed by atoms with Gasteiger partial charge < -0.3 is 15.2 Å². The van der Waals surface area contributed by atoms with Gasteiger partial charge in [-0.2, -0.15) is 0 Å². The average Bonchev–Trinajstić information content (AvgIpc) is 2.97. The van der Waals surface area contributed by atoms with Gasteiger partial charge in [0.2, 0.25) is 5.91 Å². The third kappa shape index (κ3) is 3.95. The number of fused-ring (bicyclic) bond motifs is 1. The molecule has 7 heteroatoms. The molecule has 1 amide bonds. The van der Waals surface area contributed by atoms with Crippen molar-refractivity contribution < 1.29 is 19.4 Å². The Morgan fingerprint density at radius 2 is 2.08 bits per heavy atom. The molecule has 2 N–H and O–H groups in total. The quantitative estimate of drug-likeness (QED) is 0.753. The van der Waals surface area contributed by atoms with E-state index in [9.17, 15) is 14.7 Å². The molecule has 3 rings (SSSR count). The molecular formula is C19H21NO4S2. The van der Waals surface area contributed by atoms with Crippen LogP contribution in [0, 0.1) is 0 Å². The van der Waals surface area contributed by atoms with Gasteiger partial charge in [-0.15, -0.1) is 23.1 Å². The van der Waals surface area contributed by atoms with Crippen molar-refractivity contribution in [1.82, 2.24) is 0 Å². The Hall–Kier alpha value is -1.83. The van der Waals surface area contributed by atoms with Crippen LogP contribution in [0.25, 0.3) is 0 Å². The molecule has 1 aliphatic rings. The molecule has 0 aliphatic heterocycles. The summed E-state index contributed by atoms with van der Waals surface area (Å²) in [6.07, 6.45) is 0.770. The normalized spacial score (nSPS) is 18.9. The average molecular weight is 392 g/mol. The van der Waals surface area contributed by atoms with Crippen LogP contribution in [0.1, 0.15) is 46.5 Å². The highest BCUT2D eigenvalue weighted by Crippen LogP contribution is 2.47. The number of ether oxygens (including phenoxy) is 1. The molecule has 1 heterocycles. The highest BCUT2D eigenvalue weighted by molar-refractivity contribution is 8.00. The molecule has 0 fully saturated rings. The van der Waals surface area contributed by atoms with Crippen molar-refractivity contribution in [3.05, 3.63) is 45.6 Å². The number of carbonyl (C=O) groups excluding carboxylic acids is 2. The first-order valence-electron chi connectivity index (χ1n) is 8.51. The van der Waals surface area contributed by atoms with Crippen LogP contribution in [-0.4, -0.2) is 28.8 Å². The molecule has 0 saturated carbocycles. The van der Waals surface area contributed by atoms with E-state index in [0.29, 0.717) is 17.0 Å². The van der Waals surface area contributed by atoms with Crippen LogP contribution in [0.2, 0.25) is 0 Å². The summed E-state index contributed by atoms with van der Waals surface area (Å²) in [7, 11) is 0. The molecule has 0 radical (unpaired) electrons. The third-order valence-corrected chi connectivity index (χ3v) is 6.75. The van der Waals surface area contributed by atoms with Gasteiger partial charge in [-0.25, -0.2) is 4.79 Å². The molecule has 1 aromatic heterocycles. The van der Waals surface area contributed by atoms with E-state index in [-0.39, 0.29) is 17.8 Å². The summed E-state index contributed by atoms with van der Waals surface area (Å²) in [5.41, 5.74) is 1.35. The van der Waals surface area contributed by atoms with E-state index in [1.807, 2.05) is 30.3 Å². The van der Waals surface area contributed by atoms with Gasteiger partial charge in [-0.3, -0.25) is 4.79 Å². The van der Waals surface area contributed by atoms with E-state index >= 15 is 0 Å². The zero-order valence-corrected chi connectivity index (χ0v) is 16.3. The maximum atomic E-state index is 12.3. The summed E-state index contributed by atoms with van der Waals surface area (Å²) in [5, 5.41) is 13.7. The largest absolute Gasteiger partial charge is 0.462 e. The number of rotatable bonds is 5. The summed E-state index contributed by atoms with van der Waals surface area (Å²) < 4.78 is 5.12.